The van der Waals surface area contributed by atoms with E-state index in [4.69, 9.17) is 4.52 Å². The molecule has 0 aliphatic heterocycles. The van der Waals surface area contributed by atoms with Crippen LogP contribution in [-0.4, -0.2) is 15.6 Å². The summed E-state index contributed by atoms with van der Waals surface area (Å²) in [5.41, 5.74) is 1.14. The number of hydrogen-bond donors (Lipinski definition) is 0. The minimum atomic E-state index is -0.123. The minimum Gasteiger partial charge on any atom is -0.872 e. The summed E-state index contributed by atoms with van der Waals surface area (Å²) in [7, 11) is 0. The second-order valence-corrected chi connectivity index (χ2v) is 3.70. The molecule has 0 spiro atoms. The molecule has 0 saturated heterocycles. The van der Waals surface area contributed by atoms with E-state index in [1.807, 2.05) is 18.2 Å². The molecule has 7 heteroatoms. The van der Waals surface area contributed by atoms with E-state index in [-0.39, 0.29) is 70.3 Å². The fraction of sp³-hybridized carbons (Fsp3) is 0. The number of benzene rings is 2. The van der Waals surface area contributed by atoms with Crippen LogP contribution in [-0.2, 0) is 0 Å². The van der Waals surface area contributed by atoms with E-state index in [0.717, 1.165) is 0 Å². The Hall–Kier alpha value is -0.660. The quantitative estimate of drug-likeness (QED) is 0.356. The van der Waals surface area contributed by atoms with Gasteiger partial charge in [-0.1, -0.05) is 40.7 Å². The van der Waals surface area contributed by atoms with Crippen molar-refractivity contribution in [2.75, 3.05) is 0 Å². The smallest absolute Gasteiger partial charge is 0.872 e. The first-order valence-electron chi connectivity index (χ1n) is 5.42. The van der Waals surface area contributed by atoms with Gasteiger partial charge in [0.15, 0.2) is 11.7 Å². The van der Waals surface area contributed by atoms with Gasteiger partial charge in [-0.25, -0.2) is 4.98 Å². The molecular formula is C14H9N2Na2O3-. The summed E-state index contributed by atoms with van der Waals surface area (Å²) in [5.74, 6) is 0.531. The van der Waals surface area contributed by atoms with Crippen molar-refractivity contribution in [3.05, 3.63) is 54.6 Å². The molecule has 0 aliphatic rings. The third-order valence-corrected chi connectivity index (χ3v) is 2.49. The summed E-state index contributed by atoms with van der Waals surface area (Å²) in [5, 5.41) is 15.5. The van der Waals surface area contributed by atoms with E-state index in [9.17, 15) is 5.11 Å². The van der Waals surface area contributed by atoms with Crippen LogP contribution >= 0.6 is 0 Å². The Bertz CT molecular complexity index is 675. The van der Waals surface area contributed by atoms with Crippen molar-refractivity contribution in [2.24, 2.45) is 0 Å². The van der Waals surface area contributed by atoms with Gasteiger partial charge in [-0.05, 0) is 0 Å². The van der Waals surface area contributed by atoms with Crippen molar-refractivity contribution < 1.29 is 74.2 Å². The maximum absolute atomic E-state index is 11.6. The zero-order valence-electron chi connectivity index (χ0n) is 11.8. The van der Waals surface area contributed by atoms with Crippen molar-refractivity contribution in [1.82, 2.24) is 10.1 Å². The Labute approximate surface area is 166 Å². The van der Waals surface area contributed by atoms with Crippen LogP contribution in [0.5, 0.6) is 5.75 Å². The van der Waals surface area contributed by atoms with Crippen LogP contribution in [0, 0.1) is 6.07 Å². The van der Waals surface area contributed by atoms with Crippen LogP contribution in [0.3, 0.4) is 0 Å². The van der Waals surface area contributed by atoms with Gasteiger partial charge in [0.05, 0.1) is 0 Å². The maximum atomic E-state index is 11.6. The van der Waals surface area contributed by atoms with E-state index in [0.29, 0.717) is 22.8 Å². The molecule has 1 N–H and O–H groups in total. The summed E-state index contributed by atoms with van der Waals surface area (Å²) in [6.07, 6.45) is 0. The van der Waals surface area contributed by atoms with E-state index in [1.54, 1.807) is 24.3 Å². The molecule has 96 valence electrons. The molecular weight excluding hydrogens is 290 g/mol. The van der Waals surface area contributed by atoms with Gasteiger partial charge in [0.25, 0.3) is 0 Å². The Balaban J connectivity index is 0.00000133. The summed E-state index contributed by atoms with van der Waals surface area (Å²) >= 11 is 0. The van der Waals surface area contributed by atoms with Crippen LogP contribution in [0.2, 0.25) is 0 Å². The molecule has 0 saturated carbocycles. The average Bonchev–Trinajstić information content (AvgIpc) is 2.90. The molecule has 0 amide bonds. The first-order chi connectivity index (χ1) is 8.84. The molecule has 0 radical (unpaired) electrons. The molecule has 0 aliphatic carbocycles. The van der Waals surface area contributed by atoms with E-state index in [1.165, 1.54) is 6.07 Å². The van der Waals surface area contributed by atoms with Crippen molar-refractivity contribution in [1.29, 1.82) is 0 Å². The van der Waals surface area contributed by atoms with Gasteiger partial charge < -0.3 is 15.1 Å². The summed E-state index contributed by atoms with van der Waals surface area (Å²) in [6.45, 7) is 0. The monoisotopic (exact) mass is 299 g/mol. The predicted octanol–water partition coefficient (Wildman–Crippen LogP) is -3.89. The van der Waals surface area contributed by atoms with Crippen molar-refractivity contribution in [3.63, 3.8) is 0 Å². The molecule has 1 heterocycles. The number of aromatic nitrogens is 2. The molecule has 0 bridgehead atoms. The van der Waals surface area contributed by atoms with Gasteiger partial charge in [0.2, 0.25) is 0 Å². The molecule has 2 aromatic carbocycles. The standard InChI is InChI=1S/C14H9N2O2.2Na.H2O/c17-12-9-5-4-8-11(12)13-15-14(18-16-13)10-6-2-1-3-7-10;;;/h1-6,8-9,17H;;;1H2/q-1;2*+1;/p-2. The van der Waals surface area contributed by atoms with Gasteiger partial charge >= 0.3 is 59.1 Å². The minimum absolute atomic E-state index is 0. The summed E-state index contributed by atoms with van der Waals surface area (Å²) in [4.78, 5) is 4.20. The van der Waals surface area contributed by atoms with Crippen LogP contribution < -0.4 is 64.2 Å². The van der Waals surface area contributed by atoms with Gasteiger partial charge in [0, 0.05) is 5.56 Å². The van der Waals surface area contributed by atoms with Crippen LogP contribution in [0.4, 0.5) is 0 Å². The second-order valence-electron chi connectivity index (χ2n) is 3.70. The SMILES string of the molecule is [Na+].[Na+].[O-]c1ccccc1-c1noc(-c2[c-]cccc2)n1.[OH-]. The largest absolute Gasteiger partial charge is 1.00 e. The molecule has 3 aromatic rings. The second kappa shape index (κ2) is 9.38. The Morgan fingerprint density at radius 1 is 1.00 bits per heavy atom. The number of hydrogen-bond acceptors (Lipinski definition) is 5. The predicted molar refractivity (Wildman–Crippen MR) is 65.4 cm³/mol. The fourth-order valence-corrected chi connectivity index (χ4v) is 1.62. The van der Waals surface area contributed by atoms with Gasteiger partial charge in [-0.3, -0.25) is 0 Å². The normalized spacial score (nSPS) is 8.95. The molecule has 3 rings (SSSR count). The number of para-hydroxylation sites is 1. The zero-order valence-corrected chi connectivity index (χ0v) is 15.8. The van der Waals surface area contributed by atoms with E-state index >= 15 is 0 Å². The first kappa shape index (κ1) is 20.3. The van der Waals surface area contributed by atoms with Crippen LogP contribution in [0.1, 0.15) is 0 Å². The Morgan fingerprint density at radius 2 is 1.71 bits per heavy atom. The van der Waals surface area contributed by atoms with E-state index in [2.05, 4.69) is 16.2 Å². The number of rotatable bonds is 2. The Morgan fingerprint density at radius 3 is 2.38 bits per heavy atom. The first-order valence-corrected chi connectivity index (χ1v) is 5.42. The molecule has 0 fully saturated rings. The average molecular weight is 299 g/mol. The molecule has 5 nitrogen and oxygen atoms in total. The summed E-state index contributed by atoms with van der Waals surface area (Å²) in [6, 6.07) is 16.9. The molecule has 0 atom stereocenters. The van der Waals surface area contributed by atoms with Gasteiger partial charge in [0.1, 0.15) is 0 Å². The molecule has 0 unspecified atom stereocenters. The van der Waals surface area contributed by atoms with Crippen LogP contribution in [0.25, 0.3) is 22.8 Å². The Kier molecular flexibility index (Phi) is 9.08. The van der Waals surface area contributed by atoms with Crippen molar-refractivity contribution in [3.8, 4) is 28.6 Å². The maximum Gasteiger partial charge on any atom is 1.00 e. The topological polar surface area (TPSA) is 92.0 Å². The third kappa shape index (κ3) is 4.66. The van der Waals surface area contributed by atoms with Crippen molar-refractivity contribution in [2.45, 2.75) is 0 Å². The third-order valence-electron chi connectivity index (χ3n) is 2.49. The zero-order chi connectivity index (χ0) is 12.4. The van der Waals surface area contributed by atoms with Crippen LogP contribution in [0.15, 0.2) is 53.1 Å². The summed E-state index contributed by atoms with van der Waals surface area (Å²) < 4.78 is 5.13. The fourth-order valence-electron chi connectivity index (χ4n) is 1.62. The van der Waals surface area contributed by atoms with Crippen molar-refractivity contribution >= 4 is 0 Å². The van der Waals surface area contributed by atoms with E-state index < -0.39 is 0 Å². The number of nitrogens with zero attached hydrogens (tertiary/aromatic N) is 2. The molecule has 21 heavy (non-hydrogen) atoms. The molecule has 1 aromatic heterocycles. The van der Waals surface area contributed by atoms with Gasteiger partial charge in [-0.15, -0.1) is 30.3 Å². The van der Waals surface area contributed by atoms with Gasteiger partial charge in [-0.2, -0.15) is 0 Å².